The minimum Gasteiger partial charge on any atom is -0.378 e. The van der Waals surface area contributed by atoms with Crippen LogP contribution in [0.5, 0.6) is 0 Å². The monoisotopic (exact) mass is 450 g/mol. The molecule has 3 aromatic rings. The molecule has 1 unspecified atom stereocenters. The number of imidazole rings is 1. The molecule has 5 heteroatoms. The van der Waals surface area contributed by atoms with Gasteiger partial charge in [0.15, 0.2) is 5.69 Å². The second-order valence-corrected chi connectivity index (χ2v) is 9.11. The molecule has 0 aliphatic heterocycles. The highest BCUT2D eigenvalue weighted by atomic mass is 16.5. The van der Waals surface area contributed by atoms with E-state index in [-0.39, 0.29) is 12.0 Å². The molecule has 1 atom stereocenters. The lowest BCUT2D eigenvalue weighted by atomic mass is 10.1. The highest BCUT2D eigenvalue weighted by molar-refractivity contribution is 5.76. The molecule has 0 fully saturated rings. The number of fused-ring (bicyclic) bond motifs is 1. The van der Waals surface area contributed by atoms with Crippen LogP contribution in [0.15, 0.2) is 48.8 Å². The summed E-state index contributed by atoms with van der Waals surface area (Å²) < 4.78 is 10.4. The Morgan fingerprint density at radius 1 is 1.15 bits per heavy atom. The first-order chi connectivity index (χ1) is 15.9. The molecule has 2 aromatic heterocycles. The molecule has 0 N–H and O–H groups in total. The number of hydrogen-bond donors (Lipinski definition) is 0. The van der Waals surface area contributed by atoms with Gasteiger partial charge in [-0.1, -0.05) is 37.6 Å². The molecule has 33 heavy (non-hydrogen) atoms. The number of aromatic nitrogens is 2. The quantitative estimate of drug-likeness (QED) is 0.359. The predicted molar refractivity (Wildman–Crippen MR) is 134 cm³/mol. The van der Waals surface area contributed by atoms with E-state index in [4.69, 9.17) is 4.74 Å². The van der Waals surface area contributed by atoms with Crippen molar-refractivity contribution in [2.24, 2.45) is 7.05 Å². The Morgan fingerprint density at radius 2 is 1.91 bits per heavy atom. The molecule has 2 heterocycles. The van der Waals surface area contributed by atoms with Crippen LogP contribution in [0, 0.1) is 6.92 Å². The maximum atomic E-state index is 12.4. The molecule has 0 aliphatic rings. The molecule has 0 saturated carbocycles. The second-order valence-electron chi connectivity index (χ2n) is 9.11. The van der Waals surface area contributed by atoms with Crippen molar-refractivity contribution in [2.75, 3.05) is 19.7 Å². The van der Waals surface area contributed by atoms with Crippen molar-refractivity contribution in [2.45, 2.75) is 65.9 Å². The third-order valence-electron chi connectivity index (χ3n) is 6.15. The van der Waals surface area contributed by atoms with Crippen LogP contribution < -0.4 is 4.57 Å². The van der Waals surface area contributed by atoms with Crippen molar-refractivity contribution < 1.29 is 14.1 Å². The average molecular weight is 451 g/mol. The number of ether oxygens (including phenoxy) is 1. The topological polar surface area (TPSA) is 37.8 Å². The lowest BCUT2D eigenvalue weighted by molar-refractivity contribution is -0.644. The van der Waals surface area contributed by atoms with Gasteiger partial charge in [-0.3, -0.25) is 4.79 Å². The number of pyridine rings is 1. The molecular formula is C28H40N3O2+. The van der Waals surface area contributed by atoms with Crippen molar-refractivity contribution in [1.29, 1.82) is 0 Å². The van der Waals surface area contributed by atoms with Gasteiger partial charge in [-0.15, -0.1) is 0 Å². The summed E-state index contributed by atoms with van der Waals surface area (Å²) in [5.74, 6) is 0.210. The molecule has 5 nitrogen and oxygen atoms in total. The maximum Gasteiger partial charge on any atom is 0.286 e. The molecule has 0 spiro atoms. The van der Waals surface area contributed by atoms with Gasteiger partial charge in [-0.05, 0) is 57.2 Å². The summed E-state index contributed by atoms with van der Waals surface area (Å²) in [6, 6.07) is 13.1. The molecule has 1 aromatic carbocycles. The Bertz CT molecular complexity index is 1050. The lowest BCUT2D eigenvalue weighted by Gasteiger charge is -2.22. The number of aryl methyl sites for hydroxylation is 3. The zero-order valence-corrected chi connectivity index (χ0v) is 21.0. The van der Waals surface area contributed by atoms with E-state index in [2.05, 4.69) is 92.5 Å². The summed E-state index contributed by atoms with van der Waals surface area (Å²) in [6.45, 7) is 10.6. The molecule has 0 radical (unpaired) electrons. The van der Waals surface area contributed by atoms with Gasteiger partial charge in [0.05, 0.1) is 32.4 Å². The van der Waals surface area contributed by atoms with E-state index in [0.717, 1.165) is 38.8 Å². The van der Waals surface area contributed by atoms with Gasteiger partial charge >= 0.3 is 0 Å². The molecule has 0 bridgehead atoms. The zero-order valence-electron chi connectivity index (χ0n) is 21.0. The van der Waals surface area contributed by atoms with E-state index in [1.165, 1.54) is 28.0 Å². The Morgan fingerprint density at radius 3 is 2.61 bits per heavy atom. The van der Waals surface area contributed by atoms with Crippen LogP contribution in [0.25, 0.3) is 16.9 Å². The first-order valence-corrected chi connectivity index (χ1v) is 12.4. The number of carbonyl (C=O) groups is 1. The summed E-state index contributed by atoms with van der Waals surface area (Å²) >= 11 is 0. The first kappa shape index (κ1) is 25.0. The molecule has 3 rings (SSSR count). The van der Waals surface area contributed by atoms with Crippen molar-refractivity contribution >= 4 is 11.6 Å². The van der Waals surface area contributed by atoms with Crippen LogP contribution >= 0.6 is 0 Å². The van der Waals surface area contributed by atoms with E-state index in [9.17, 15) is 4.79 Å². The average Bonchev–Trinajstić information content (AvgIpc) is 3.13. The summed E-state index contributed by atoms with van der Waals surface area (Å²) in [7, 11) is 2.10. The van der Waals surface area contributed by atoms with Crippen LogP contribution in [0.2, 0.25) is 0 Å². The van der Waals surface area contributed by atoms with Gasteiger partial charge in [0.1, 0.15) is 6.20 Å². The third-order valence-corrected chi connectivity index (χ3v) is 6.15. The highest BCUT2D eigenvalue weighted by Gasteiger charge is 2.17. The Hall–Kier alpha value is -2.66. The highest BCUT2D eigenvalue weighted by Crippen LogP contribution is 2.22. The van der Waals surface area contributed by atoms with E-state index in [1.807, 2.05) is 4.90 Å². The largest absolute Gasteiger partial charge is 0.378 e. The minimum absolute atomic E-state index is 0.128. The Kier molecular flexibility index (Phi) is 9.07. The normalized spacial score (nSPS) is 12.3. The van der Waals surface area contributed by atoms with Crippen molar-refractivity contribution in [3.63, 3.8) is 0 Å². The first-order valence-electron chi connectivity index (χ1n) is 12.4. The van der Waals surface area contributed by atoms with Gasteiger partial charge in [-0.25, -0.2) is 4.57 Å². The smallest absolute Gasteiger partial charge is 0.286 e. The zero-order chi connectivity index (χ0) is 23.8. The van der Waals surface area contributed by atoms with Crippen molar-refractivity contribution in [1.82, 2.24) is 9.30 Å². The standard InChI is InChI=1S/C28H40N3O2/c1-6-15-30(16-7-2)28(32)14-18-33-23(4)11-12-24-13-17-31-26(21-29(5)27(31)20-24)25-10-8-9-22(3)19-25/h8-10,13,17,19-21,23H,6-7,11-12,14-16,18H2,1-5H3/q+1. The summed E-state index contributed by atoms with van der Waals surface area (Å²) in [6.07, 6.45) is 8.85. The van der Waals surface area contributed by atoms with Crippen molar-refractivity contribution in [3.05, 3.63) is 59.9 Å². The summed E-state index contributed by atoms with van der Waals surface area (Å²) in [5, 5.41) is 0. The van der Waals surface area contributed by atoms with E-state index >= 15 is 0 Å². The number of carbonyl (C=O) groups excluding carboxylic acids is 1. The number of amides is 1. The minimum atomic E-state index is 0.128. The van der Waals surface area contributed by atoms with E-state index in [0.29, 0.717) is 13.0 Å². The van der Waals surface area contributed by atoms with Gasteiger partial charge in [-0.2, -0.15) is 4.40 Å². The molecule has 178 valence electrons. The number of benzene rings is 1. The van der Waals surface area contributed by atoms with Crippen LogP contribution in [-0.2, 0) is 23.0 Å². The van der Waals surface area contributed by atoms with Gasteiger partial charge in [0.25, 0.3) is 5.65 Å². The molecule has 0 aliphatic carbocycles. The number of nitrogens with zero attached hydrogens (tertiary/aromatic N) is 3. The molecule has 1 amide bonds. The molecular weight excluding hydrogens is 410 g/mol. The fraction of sp³-hybridized carbons (Fsp3) is 0.500. The maximum absolute atomic E-state index is 12.4. The Balaban J connectivity index is 1.55. The second kappa shape index (κ2) is 12.0. The van der Waals surface area contributed by atoms with Gasteiger partial charge in [0, 0.05) is 24.7 Å². The summed E-state index contributed by atoms with van der Waals surface area (Å²) in [4.78, 5) is 14.4. The van der Waals surface area contributed by atoms with Crippen LogP contribution in [-0.4, -0.2) is 41.0 Å². The van der Waals surface area contributed by atoms with E-state index in [1.54, 1.807) is 0 Å². The third kappa shape index (κ3) is 6.67. The summed E-state index contributed by atoms with van der Waals surface area (Å²) in [5.41, 5.74) is 6.17. The van der Waals surface area contributed by atoms with Gasteiger partial charge < -0.3 is 9.64 Å². The van der Waals surface area contributed by atoms with Crippen LogP contribution in [0.3, 0.4) is 0 Å². The van der Waals surface area contributed by atoms with Gasteiger partial charge in [0.2, 0.25) is 5.91 Å². The fourth-order valence-corrected chi connectivity index (χ4v) is 4.35. The lowest BCUT2D eigenvalue weighted by Crippen LogP contribution is -2.33. The predicted octanol–water partition coefficient (Wildman–Crippen LogP) is 5.12. The molecule has 0 saturated heterocycles. The Labute approximate surface area is 199 Å². The SMILES string of the molecule is CCCN(CCC)C(=O)CCOC(C)CCc1ccn2c(-c3cccc(C)c3)c[n+](C)c2c1. The van der Waals surface area contributed by atoms with Crippen molar-refractivity contribution in [3.8, 4) is 11.3 Å². The fourth-order valence-electron chi connectivity index (χ4n) is 4.35. The number of hydrogen-bond acceptors (Lipinski definition) is 2. The number of rotatable bonds is 12. The van der Waals surface area contributed by atoms with E-state index < -0.39 is 0 Å². The van der Waals surface area contributed by atoms with Crippen LogP contribution in [0.1, 0.15) is 57.6 Å². The van der Waals surface area contributed by atoms with Crippen LogP contribution in [0.4, 0.5) is 0 Å².